The first-order valence-electron chi connectivity index (χ1n) is 8.63. The van der Waals surface area contributed by atoms with E-state index in [0.717, 1.165) is 22.3 Å². The fourth-order valence-electron chi connectivity index (χ4n) is 3.46. The lowest BCUT2D eigenvalue weighted by Crippen LogP contribution is -2.38. The average Bonchev–Trinajstić information content (AvgIpc) is 2.62. The number of hydrogen-bond acceptors (Lipinski definition) is 4. The van der Waals surface area contributed by atoms with Crippen LogP contribution in [0.5, 0.6) is 11.5 Å². The molecule has 5 nitrogen and oxygen atoms in total. The molecule has 0 unspecified atom stereocenters. The molecule has 0 fully saturated rings. The summed E-state index contributed by atoms with van der Waals surface area (Å²) >= 11 is 0. The van der Waals surface area contributed by atoms with Crippen molar-refractivity contribution in [2.24, 2.45) is 0 Å². The molecule has 1 aliphatic heterocycles. The largest absolute Gasteiger partial charge is 0.493 e. The van der Waals surface area contributed by atoms with Crippen LogP contribution in [0.25, 0.3) is 0 Å². The zero-order valence-corrected chi connectivity index (χ0v) is 16.7. The minimum absolute atomic E-state index is 0.273. The van der Waals surface area contributed by atoms with Crippen molar-refractivity contribution in [2.75, 3.05) is 20.8 Å². The van der Waals surface area contributed by atoms with Gasteiger partial charge >= 0.3 is 0 Å². The molecule has 0 N–H and O–H groups in total. The van der Waals surface area contributed by atoms with E-state index in [1.165, 1.54) is 0 Å². The van der Waals surface area contributed by atoms with Gasteiger partial charge in [-0.2, -0.15) is 4.31 Å². The first-order chi connectivity index (χ1) is 12.3. The van der Waals surface area contributed by atoms with Gasteiger partial charge in [0.25, 0.3) is 0 Å². The van der Waals surface area contributed by atoms with E-state index >= 15 is 0 Å². The molecule has 26 heavy (non-hydrogen) atoms. The number of benzene rings is 2. The highest BCUT2D eigenvalue weighted by atomic mass is 32.2. The summed E-state index contributed by atoms with van der Waals surface area (Å²) in [6, 6.07) is 8.87. The molecule has 0 aromatic heterocycles. The lowest BCUT2D eigenvalue weighted by Gasteiger charge is -2.34. The molecule has 0 spiro atoms. The summed E-state index contributed by atoms with van der Waals surface area (Å²) < 4.78 is 38.8. The van der Waals surface area contributed by atoms with Crippen LogP contribution in [0.3, 0.4) is 0 Å². The van der Waals surface area contributed by atoms with Gasteiger partial charge in [-0.1, -0.05) is 6.07 Å². The highest BCUT2D eigenvalue weighted by molar-refractivity contribution is 7.89. The Kier molecular flexibility index (Phi) is 4.99. The molecular formula is C20H25NO4S. The van der Waals surface area contributed by atoms with Crippen LogP contribution >= 0.6 is 0 Å². The fourth-order valence-corrected chi connectivity index (χ4v) is 5.16. The standard InChI is InChI=1S/C20H25NO4S/c1-13-6-7-17(10-14(13)2)26(22,23)21-9-8-16-11-19(24-4)20(25-5)12-18(16)15(21)3/h6-7,10-12,15H,8-9H2,1-5H3/t15-/m1/s1. The second-order valence-electron chi connectivity index (χ2n) is 6.69. The average molecular weight is 375 g/mol. The third-order valence-electron chi connectivity index (χ3n) is 5.21. The van der Waals surface area contributed by atoms with Gasteiger partial charge in [-0.25, -0.2) is 8.42 Å². The van der Waals surface area contributed by atoms with Crippen LogP contribution < -0.4 is 9.47 Å². The Hall–Kier alpha value is -2.05. The Morgan fingerprint density at radius 1 is 1.00 bits per heavy atom. The molecule has 0 saturated carbocycles. The van der Waals surface area contributed by atoms with E-state index in [1.807, 2.05) is 39.0 Å². The van der Waals surface area contributed by atoms with Crippen LogP contribution in [0.2, 0.25) is 0 Å². The van der Waals surface area contributed by atoms with Crippen LogP contribution in [0.1, 0.15) is 35.2 Å². The highest BCUT2D eigenvalue weighted by Gasteiger charge is 2.34. The summed E-state index contributed by atoms with van der Waals surface area (Å²) in [5, 5.41) is 0. The predicted octanol–water partition coefficient (Wildman–Crippen LogP) is 3.63. The van der Waals surface area contributed by atoms with Gasteiger partial charge in [-0.3, -0.25) is 0 Å². The number of fused-ring (bicyclic) bond motifs is 1. The van der Waals surface area contributed by atoms with E-state index < -0.39 is 10.0 Å². The quantitative estimate of drug-likeness (QED) is 0.819. The van der Waals surface area contributed by atoms with Gasteiger partial charge in [-0.05, 0) is 73.7 Å². The van der Waals surface area contributed by atoms with Crippen molar-refractivity contribution in [1.82, 2.24) is 4.31 Å². The molecular weight excluding hydrogens is 350 g/mol. The molecule has 6 heteroatoms. The maximum absolute atomic E-state index is 13.2. The number of methoxy groups -OCH3 is 2. The number of nitrogens with zero attached hydrogens (tertiary/aromatic N) is 1. The van der Waals surface area contributed by atoms with Gasteiger partial charge in [0.05, 0.1) is 19.1 Å². The van der Waals surface area contributed by atoms with E-state index in [-0.39, 0.29) is 6.04 Å². The van der Waals surface area contributed by atoms with Crippen molar-refractivity contribution >= 4 is 10.0 Å². The van der Waals surface area contributed by atoms with E-state index in [4.69, 9.17) is 9.47 Å². The van der Waals surface area contributed by atoms with Crippen LogP contribution in [-0.2, 0) is 16.4 Å². The second kappa shape index (κ2) is 6.93. The number of sulfonamides is 1. The molecule has 0 bridgehead atoms. The van der Waals surface area contributed by atoms with Crippen molar-refractivity contribution in [3.63, 3.8) is 0 Å². The Morgan fingerprint density at radius 3 is 2.27 bits per heavy atom. The molecule has 0 amide bonds. The number of rotatable bonds is 4. The minimum Gasteiger partial charge on any atom is -0.493 e. The molecule has 3 rings (SSSR count). The van der Waals surface area contributed by atoms with Gasteiger partial charge in [0.1, 0.15) is 0 Å². The van der Waals surface area contributed by atoms with Gasteiger partial charge in [0, 0.05) is 12.6 Å². The molecule has 2 aromatic carbocycles. The first-order valence-corrected chi connectivity index (χ1v) is 10.1. The summed E-state index contributed by atoms with van der Waals surface area (Å²) in [7, 11) is -0.378. The Labute approximate surface area is 155 Å². The molecule has 1 atom stereocenters. The first kappa shape index (κ1) is 18.7. The zero-order valence-electron chi connectivity index (χ0n) is 15.9. The van der Waals surface area contributed by atoms with E-state index in [2.05, 4.69) is 0 Å². The van der Waals surface area contributed by atoms with Crippen LogP contribution in [0, 0.1) is 13.8 Å². The normalized spacial score (nSPS) is 17.7. The van der Waals surface area contributed by atoms with E-state index in [0.29, 0.717) is 29.4 Å². The molecule has 0 radical (unpaired) electrons. The molecule has 1 heterocycles. The van der Waals surface area contributed by atoms with Crippen LogP contribution in [-0.4, -0.2) is 33.5 Å². The third-order valence-corrected chi connectivity index (χ3v) is 7.18. The lowest BCUT2D eigenvalue weighted by atomic mass is 9.94. The maximum atomic E-state index is 13.2. The molecule has 140 valence electrons. The van der Waals surface area contributed by atoms with Crippen molar-refractivity contribution < 1.29 is 17.9 Å². The number of hydrogen-bond donors (Lipinski definition) is 0. The molecule has 0 saturated heterocycles. The topological polar surface area (TPSA) is 55.8 Å². The Morgan fingerprint density at radius 2 is 1.65 bits per heavy atom. The van der Waals surface area contributed by atoms with Crippen molar-refractivity contribution in [3.8, 4) is 11.5 Å². The van der Waals surface area contributed by atoms with Gasteiger partial charge in [0.2, 0.25) is 10.0 Å². The van der Waals surface area contributed by atoms with Gasteiger partial charge in [-0.15, -0.1) is 0 Å². The van der Waals surface area contributed by atoms with Crippen molar-refractivity contribution in [3.05, 3.63) is 52.6 Å². The SMILES string of the molecule is COc1cc2c(cc1OC)[C@@H](C)N(S(=O)(=O)c1ccc(C)c(C)c1)CC2. The van der Waals surface area contributed by atoms with Crippen molar-refractivity contribution in [1.29, 1.82) is 0 Å². The Balaban J connectivity index is 2.02. The zero-order chi connectivity index (χ0) is 19.1. The number of aryl methyl sites for hydroxylation is 2. The monoisotopic (exact) mass is 375 g/mol. The van der Waals surface area contributed by atoms with Crippen molar-refractivity contribution in [2.45, 2.75) is 38.1 Å². The maximum Gasteiger partial charge on any atom is 0.243 e. The van der Waals surface area contributed by atoms with Crippen LogP contribution in [0.4, 0.5) is 0 Å². The minimum atomic E-state index is -3.57. The smallest absolute Gasteiger partial charge is 0.243 e. The van der Waals surface area contributed by atoms with E-state index in [9.17, 15) is 8.42 Å². The molecule has 1 aliphatic rings. The fraction of sp³-hybridized carbons (Fsp3) is 0.400. The lowest BCUT2D eigenvalue weighted by molar-refractivity contribution is 0.319. The number of ether oxygens (including phenoxy) is 2. The predicted molar refractivity (Wildman–Crippen MR) is 101 cm³/mol. The summed E-state index contributed by atoms with van der Waals surface area (Å²) in [5.41, 5.74) is 4.11. The van der Waals surface area contributed by atoms with Gasteiger partial charge < -0.3 is 9.47 Å². The highest BCUT2D eigenvalue weighted by Crippen LogP contribution is 2.39. The molecule has 0 aliphatic carbocycles. The second-order valence-corrected chi connectivity index (χ2v) is 8.58. The summed E-state index contributed by atoms with van der Waals surface area (Å²) in [6.45, 7) is 6.27. The Bertz CT molecular complexity index is 937. The van der Waals surface area contributed by atoms with Gasteiger partial charge in [0.15, 0.2) is 11.5 Å². The third kappa shape index (κ3) is 3.08. The van der Waals surface area contributed by atoms with E-state index in [1.54, 1.807) is 30.7 Å². The van der Waals surface area contributed by atoms with Crippen LogP contribution in [0.15, 0.2) is 35.2 Å². The summed E-state index contributed by atoms with van der Waals surface area (Å²) in [4.78, 5) is 0.344. The molecule has 2 aromatic rings. The summed E-state index contributed by atoms with van der Waals surface area (Å²) in [5.74, 6) is 1.28. The summed E-state index contributed by atoms with van der Waals surface area (Å²) in [6.07, 6.45) is 0.643.